The third-order valence-corrected chi connectivity index (χ3v) is 13.8. The van der Waals surface area contributed by atoms with Crippen molar-refractivity contribution < 1.29 is 24.0 Å². The molecular formula is C44H47ClN8O5. The lowest BCUT2D eigenvalue weighted by Gasteiger charge is -2.40. The SMILES string of the molecule is [C-]#[N+]c1ccc(N2CC3(CCN(c4ccc(C(=O)N5CCN([C@H]6CCN(c7ccc8c(c7)C(=O)N(C7CCC(=O)NC7=O)C8=O)C6)CC5)cc4)CC3)C[C@@H]2C)cc1Cl. The maximum absolute atomic E-state index is 13.6. The van der Waals surface area contributed by atoms with Crippen molar-refractivity contribution in [2.45, 2.75) is 63.6 Å². The fourth-order valence-electron chi connectivity index (χ4n) is 10.2. The number of anilines is 3. The highest BCUT2D eigenvalue weighted by molar-refractivity contribution is 6.33. The third-order valence-electron chi connectivity index (χ3n) is 13.5. The Morgan fingerprint density at radius 3 is 2.22 bits per heavy atom. The van der Waals surface area contributed by atoms with Crippen LogP contribution in [-0.2, 0) is 9.59 Å². The molecule has 300 valence electrons. The highest BCUT2D eigenvalue weighted by atomic mass is 35.5. The largest absolute Gasteiger partial charge is 0.371 e. The molecule has 3 aromatic rings. The van der Waals surface area contributed by atoms with E-state index in [2.05, 4.69) is 48.8 Å². The average Bonchev–Trinajstić information content (AvgIpc) is 3.92. The summed E-state index contributed by atoms with van der Waals surface area (Å²) in [6.07, 6.45) is 4.50. The summed E-state index contributed by atoms with van der Waals surface area (Å²) in [6, 6.07) is 18.9. The molecule has 1 unspecified atom stereocenters. The van der Waals surface area contributed by atoms with Gasteiger partial charge in [-0.05, 0) is 99.0 Å². The van der Waals surface area contributed by atoms with Gasteiger partial charge in [0.25, 0.3) is 17.7 Å². The molecule has 0 saturated carbocycles. The summed E-state index contributed by atoms with van der Waals surface area (Å²) in [7, 11) is 0. The van der Waals surface area contributed by atoms with Crippen molar-refractivity contribution in [2.75, 3.05) is 73.6 Å². The van der Waals surface area contributed by atoms with Gasteiger partial charge in [0.1, 0.15) is 6.04 Å². The molecule has 0 bridgehead atoms. The number of piperazine rings is 1. The van der Waals surface area contributed by atoms with Crippen LogP contribution in [0, 0.1) is 12.0 Å². The third kappa shape index (κ3) is 6.86. The highest BCUT2D eigenvalue weighted by Crippen LogP contribution is 2.46. The highest BCUT2D eigenvalue weighted by Gasteiger charge is 2.46. The molecule has 0 aliphatic carbocycles. The van der Waals surface area contributed by atoms with E-state index in [0.717, 1.165) is 93.5 Å². The lowest BCUT2D eigenvalue weighted by molar-refractivity contribution is -0.136. The molecule has 6 aliphatic heterocycles. The Morgan fingerprint density at radius 2 is 1.52 bits per heavy atom. The summed E-state index contributed by atoms with van der Waals surface area (Å²) in [6.45, 7) is 17.0. The number of nitrogens with zero attached hydrogens (tertiary/aromatic N) is 7. The van der Waals surface area contributed by atoms with E-state index >= 15 is 0 Å². The van der Waals surface area contributed by atoms with Crippen LogP contribution in [0.5, 0.6) is 0 Å². The molecule has 9 rings (SSSR count). The molecule has 1 spiro atoms. The number of carbonyl (C=O) groups is 5. The molecule has 6 aliphatic rings. The zero-order valence-electron chi connectivity index (χ0n) is 32.7. The summed E-state index contributed by atoms with van der Waals surface area (Å²) < 4.78 is 0. The van der Waals surface area contributed by atoms with Crippen LogP contribution in [0.3, 0.4) is 0 Å². The van der Waals surface area contributed by atoms with Crippen molar-refractivity contribution in [3.8, 4) is 0 Å². The molecular weight excluding hydrogens is 756 g/mol. The van der Waals surface area contributed by atoms with Crippen molar-refractivity contribution in [2.24, 2.45) is 5.41 Å². The Balaban J connectivity index is 0.753. The van der Waals surface area contributed by atoms with Crippen LogP contribution in [0.1, 0.15) is 76.5 Å². The topological polar surface area (TPSA) is 121 Å². The molecule has 14 heteroatoms. The Bertz CT molecular complexity index is 2220. The maximum atomic E-state index is 13.6. The number of imide groups is 2. The lowest BCUT2D eigenvalue weighted by atomic mass is 9.76. The first-order valence-corrected chi connectivity index (χ1v) is 20.8. The first kappa shape index (κ1) is 38.1. The molecule has 6 heterocycles. The number of hydrogen-bond acceptors (Lipinski definition) is 9. The monoisotopic (exact) mass is 802 g/mol. The summed E-state index contributed by atoms with van der Waals surface area (Å²) in [4.78, 5) is 80.3. The number of halogens is 1. The van der Waals surface area contributed by atoms with Gasteiger partial charge in [0.05, 0.1) is 17.7 Å². The molecule has 3 aromatic carbocycles. The van der Waals surface area contributed by atoms with Crippen molar-refractivity contribution >= 4 is 63.9 Å². The van der Waals surface area contributed by atoms with E-state index in [0.29, 0.717) is 47.0 Å². The maximum Gasteiger partial charge on any atom is 0.262 e. The van der Waals surface area contributed by atoms with E-state index in [-0.39, 0.29) is 29.7 Å². The second kappa shape index (κ2) is 15.1. The lowest BCUT2D eigenvalue weighted by Crippen LogP contribution is -2.54. The van der Waals surface area contributed by atoms with E-state index in [1.807, 2.05) is 41.3 Å². The summed E-state index contributed by atoms with van der Waals surface area (Å²) in [5.41, 5.74) is 5.13. The smallest absolute Gasteiger partial charge is 0.262 e. The number of hydrogen-bond donors (Lipinski definition) is 1. The molecule has 5 amide bonds. The standard InChI is InChI=1S/C44H47ClN8O5/c1-28-25-44(27-52(28)32-8-10-37(46-2)36(45)24-32)14-17-48(18-15-44)30-5-3-29(4-6-30)41(56)50-21-19-49(20-22-50)33-13-16-51(26-33)31-7-9-34-35(23-31)43(58)53(42(34)57)38-11-12-39(54)47-40(38)55/h3-10,23-24,28,33,38H,11-22,25-27H2,1H3,(H,47,54,55)/t28-,33-,38?/m0/s1. The molecule has 58 heavy (non-hydrogen) atoms. The van der Waals surface area contributed by atoms with Gasteiger partial charge in [0.15, 0.2) is 0 Å². The fraction of sp³-hybridized carbons (Fsp3) is 0.455. The van der Waals surface area contributed by atoms with E-state index in [1.54, 1.807) is 12.1 Å². The minimum absolute atomic E-state index is 0.0603. The van der Waals surface area contributed by atoms with Crippen LogP contribution in [0.15, 0.2) is 60.7 Å². The van der Waals surface area contributed by atoms with E-state index in [4.69, 9.17) is 18.2 Å². The Morgan fingerprint density at radius 1 is 0.810 bits per heavy atom. The molecule has 0 radical (unpaired) electrons. The van der Waals surface area contributed by atoms with Gasteiger partial charge in [0, 0.05) is 105 Å². The van der Waals surface area contributed by atoms with Gasteiger partial charge in [-0.15, -0.1) is 0 Å². The van der Waals surface area contributed by atoms with Gasteiger partial charge in [-0.1, -0.05) is 17.7 Å². The van der Waals surface area contributed by atoms with E-state index in [9.17, 15) is 24.0 Å². The number of benzene rings is 3. The molecule has 13 nitrogen and oxygen atoms in total. The van der Waals surface area contributed by atoms with Crippen molar-refractivity contribution in [3.05, 3.63) is 93.8 Å². The fourth-order valence-corrected chi connectivity index (χ4v) is 10.5. The van der Waals surface area contributed by atoms with Crippen molar-refractivity contribution in [1.29, 1.82) is 0 Å². The minimum Gasteiger partial charge on any atom is -0.371 e. The van der Waals surface area contributed by atoms with Crippen LogP contribution < -0.4 is 20.0 Å². The van der Waals surface area contributed by atoms with Crippen LogP contribution in [0.25, 0.3) is 4.85 Å². The molecule has 3 atom stereocenters. The quantitative estimate of drug-likeness (QED) is 0.265. The zero-order valence-corrected chi connectivity index (χ0v) is 33.4. The van der Waals surface area contributed by atoms with Gasteiger partial charge in [-0.3, -0.25) is 39.1 Å². The first-order chi connectivity index (χ1) is 28.0. The first-order valence-electron chi connectivity index (χ1n) is 20.4. The second-order valence-corrected chi connectivity index (χ2v) is 17.3. The van der Waals surface area contributed by atoms with Gasteiger partial charge in [0.2, 0.25) is 17.5 Å². The van der Waals surface area contributed by atoms with Crippen LogP contribution in [-0.4, -0.2) is 121 Å². The molecule has 0 aromatic heterocycles. The molecule has 1 N–H and O–H groups in total. The number of carbonyl (C=O) groups excluding carboxylic acids is 5. The van der Waals surface area contributed by atoms with Crippen molar-refractivity contribution in [1.82, 2.24) is 20.0 Å². The minimum atomic E-state index is -0.985. The summed E-state index contributed by atoms with van der Waals surface area (Å²) in [5.74, 6) is -1.95. The number of rotatable bonds is 6. The van der Waals surface area contributed by atoms with Crippen LogP contribution >= 0.6 is 11.6 Å². The summed E-state index contributed by atoms with van der Waals surface area (Å²) >= 11 is 6.39. The molecule has 5 saturated heterocycles. The number of piperidine rings is 2. The number of nitrogens with one attached hydrogen (secondary N) is 1. The van der Waals surface area contributed by atoms with Crippen LogP contribution in [0.4, 0.5) is 22.7 Å². The van der Waals surface area contributed by atoms with Gasteiger partial charge in [-0.2, -0.15) is 0 Å². The Labute approximate surface area is 343 Å². The van der Waals surface area contributed by atoms with E-state index < -0.39 is 29.7 Å². The van der Waals surface area contributed by atoms with Gasteiger partial charge >= 0.3 is 0 Å². The molecule has 5 fully saturated rings. The predicted octanol–water partition coefficient (Wildman–Crippen LogP) is 5.21. The van der Waals surface area contributed by atoms with E-state index in [1.165, 1.54) is 0 Å². The van der Waals surface area contributed by atoms with Crippen molar-refractivity contribution in [3.63, 3.8) is 0 Å². The van der Waals surface area contributed by atoms with Crippen LogP contribution in [0.2, 0.25) is 5.02 Å². The Kier molecular flexibility index (Phi) is 9.88. The normalized spacial score (nSPS) is 24.8. The Hall–Kier alpha value is -5.45. The number of amides is 5. The average molecular weight is 803 g/mol. The summed E-state index contributed by atoms with van der Waals surface area (Å²) in [5, 5.41) is 2.75. The number of fused-ring (bicyclic) bond motifs is 1. The second-order valence-electron chi connectivity index (χ2n) is 16.9. The van der Waals surface area contributed by atoms with Gasteiger partial charge in [-0.25, -0.2) is 4.85 Å². The predicted molar refractivity (Wildman–Crippen MR) is 221 cm³/mol. The zero-order chi connectivity index (χ0) is 40.3. The van der Waals surface area contributed by atoms with Gasteiger partial charge < -0.3 is 19.6 Å².